The average Bonchev–Trinajstić information content (AvgIpc) is 3.30. The number of carbonyl (C=O) groups excluding carboxylic acids is 1. The maximum Gasteiger partial charge on any atom is 0.243 e. The number of fused-ring (bicyclic) bond motifs is 1. The number of rotatable bonds is 7. The van der Waals surface area contributed by atoms with Crippen LogP contribution in [0.3, 0.4) is 0 Å². The van der Waals surface area contributed by atoms with E-state index in [1.165, 1.54) is 0 Å². The third-order valence-electron chi connectivity index (χ3n) is 6.65. The molecular weight excluding hydrogens is 403 g/mol. The van der Waals surface area contributed by atoms with Gasteiger partial charge in [0.25, 0.3) is 0 Å². The van der Waals surface area contributed by atoms with Crippen molar-refractivity contribution in [3.63, 3.8) is 0 Å². The van der Waals surface area contributed by atoms with Crippen LogP contribution in [0.5, 0.6) is 0 Å². The van der Waals surface area contributed by atoms with E-state index in [1.807, 2.05) is 4.90 Å². The monoisotopic (exact) mass is 435 g/mol. The highest BCUT2D eigenvalue weighted by Gasteiger charge is 2.32. The summed E-state index contributed by atoms with van der Waals surface area (Å²) < 4.78 is 20.8. The van der Waals surface area contributed by atoms with Crippen LogP contribution in [0.25, 0.3) is 0 Å². The molecule has 3 fully saturated rings. The minimum Gasteiger partial charge on any atom is -0.378 e. The lowest BCUT2D eigenvalue weighted by molar-refractivity contribution is -0.127. The first-order valence-corrected chi connectivity index (χ1v) is 11.3. The van der Waals surface area contributed by atoms with E-state index < -0.39 is 24.2 Å². The normalized spacial score (nSPS) is 23.5. The zero-order valence-corrected chi connectivity index (χ0v) is 18.1. The van der Waals surface area contributed by atoms with Crippen molar-refractivity contribution in [3.05, 3.63) is 11.6 Å². The molecule has 2 saturated heterocycles. The van der Waals surface area contributed by atoms with Crippen molar-refractivity contribution in [2.45, 2.75) is 45.1 Å². The third-order valence-corrected chi connectivity index (χ3v) is 6.65. The molecule has 1 aromatic rings. The second kappa shape index (κ2) is 10.1. The van der Waals surface area contributed by atoms with E-state index in [0.29, 0.717) is 37.9 Å². The molecule has 0 unspecified atom stereocenters. The lowest BCUT2D eigenvalue weighted by atomic mass is 9.93. The van der Waals surface area contributed by atoms with Gasteiger partial charge in [-0.3, -0.25) is 20.5 Å². The Morgan fingerprint density at radius 1 is 1.26 bits per heavy atom. The predicted molar refractivity (Wildman–Crippen MR) is 113 cm³/mol. The number of carbonyl (C=O) groups is 1. The zero-order valence-electron chi connectivity index (χ0n) is 18.1. The Kier molecular flexibility index (Phi) is 7.19. The number of hydrazine groups is 1. The standard InChI is InChI=1S/C21H32FN6O3/c1-14-23-19(25-26-21(30)16(12-29)10-15-4-2-3-5-15)18(22)20(24-14)28-7-6-27-8-9-31-13-17(27)11-28/h15-17H,2-13H2,1H3,(H,26,30)(H,23,24,25)/t16-,17+/m1/s1. The van der Waals surface area contributed by atoms with Gasteiger partial charge < -0.3 is 9.64 Å². The highest BCUT2D eigenvalue weighted by atomic mass is 19.1. The Morgan fingerprint density at radius 3 is 2.84 bits per heavy atom. The number of piperazine rings is 1. The van der Waals surface area contributed by atoms with Crippen LogP contribution >= 0.6 is 0 Å². The number of nitrogens with one attached hydrogen (secondary N) is 2. The van der Waals surface area contributed by atoms with Crippen molar-refractivity contribution in [2.75, 3.05) is 56.3 Å². The molecule has 171 valence electrons. The van der Waals surface area contributed by atoms with Gasteiger partial charge in [0.1, 0.15) is 5.82 Å². The molecule has 4 rings (SSSR count). The Balaban J connectivity index is 1.40. The molecular formula is C21H32FN6O3. The second-order valence-corrected chi connectivity index (χ2v) is 8.83. The second-order valence-electron chi connectivity index (χ2n) is 8.83. The van der Waals surface area contributed by atoms with Crippen molar-refractivity contribution >= 4 is 17.5 Å². The molecule has 1 aromatic heterocycles. The number of aromatic nitrogens is 2. The molecule has 9 nitrogen and oxygen atoms in total. The van der Waals surface area contributed by atoms with Gasteiger partial charge in [-0.2, -0.15) is 4.39 Å². The molecule has 0 aromatic carbocycles. The molecule has 31 heavy (non-hydrogen) atoms. The van der Waals surface area contributed by atoms with Gasteiger partial charge in [0.05, 0.1) is 31.8 Å². The summed E-state index contributed by atoms with van der Waals surface area (Å²) in [6, 6.07) is 0.210. The predicted octanol–water partition coefficient (Wildman–Crippen LogP) is 1.52. The summed E-state index contributed by atoms with van der Waals surface area (Å²) in [5.41, 5.74) is 5.10. The van der Waals surface area contributed by atoms with E-state index in [0.717, 1.165) is 45.4 Å². The number of halogens is 1. The Morgan fingerprint density at radius 2 is 2.06 bits per heavy atom. The van der Waals surface area contributed by atoms with Crippen molar-refractivity contribution in [3.8, 4) is 0 Å². The first kappa shape index (κ1) is 22.2. The van der Waals surface area contributed by atoms with Crippen LogP contribution in [0, 0.1) is 24.6 Å². The van der Waals surface area contributed by atoms with Gasteiger partial charge in [-0.05, 0) is 19.3 Å². The molecule has 3 heterocycles. The highest BCUT2D eigenvalue weighted by Crippen LogP contribution is 2.30. The summed E-state index contributed by atoms with van der Waals surface area (Å²) in [5.74, 6) is -0.666. The number of morpholine rings is 1. The minimum atomic E-state index is -0.625. The van der Waals surface area contributed by atoms with Crippen molar-refractivity contribution in [1.29, 1.82) is 0 Å². The fourth-order valence-electron chi connectivity index (χ4n) is 4.90. The van der Waals surface area contributed by atoms with E-state index in [9.17, 15) is 9.90 Å². The van der Waals surface area contributed by atoms with Gasteiger partial charge in [0.2, 0.25) is 11.7 Å². The smallest absolute Gasteiger partial charge is 0.243 e. The van der Waals surface area contributed by atoms with Gasteiger partial charge in [0.15, 0.2) is 11.6 Å². The number of nitrogens with zero attached hydrogens (tertiary/aromatic N) is 4. The third kappa shape index (κ3) is 5.24. The van der Waals surface area contributed by atoms with Crippen molar-refractivity contribution in [2.24, 2.45) is 11.8 Å². The quantitative estimate of drug-likeness (QED) is 0.626. The van der Waals surface area contributed by atoms with Crippen LogP contribution in [0.4, 0.5) is 16.0 Å². The van der Waals surface area contributed by atoms with E-state index in [4.69, 9.17) is 4.74 Å². The molecule has 1 amide bonds. The van der Waals surface area contributed by atoms with Gasteiger partial charge in [-0.1, -0.05) is 25.7 Å². The summed E-state index contributed by atoms with van der Waals surface area (Å²) in [6.07, 6.45) is 5.04. The lowest BCUT2D eigenvalue weighted by Crippen LogP contribution is -2.58. The fourth-order valence-corrected chi connectivity index (χ4v) is 4.90. The molecule has 1 radical (unpaired) electrons. The SMILES string of the molecule is Cc1nc(NNC(=O)[C@@H](C[O])CC2CCCC2)c(F)c(N2CCN3CCOC[C@@H]3C2)n1. The minimum absolute atomic E-state index is 0.0799. The van der Waals surface area contributed by atoms with Gasteiger partial charge >= 0.3 is 0 Å². The Labute approximate surface area is 182 Å². The van der Waals surface area contributed by atoms with Crippen LogP contribution in [-0.2, 0) is 14.6 Å². The van der Waals surface area contributed by atoms with Crippen LogP contribution in [-0.4, -0.2) is 72.8 Å². The van der Waals surface area contributed by atoms with Crippen LogP contribution in [0.2, 0.25) is 0 Å². The molecule has 3 aliphatic rings. The van der Waals surface area contributed by atoms with Crippen LogP contribution in [0.15, 0.2) is 0 Å². The topological polar surface area (TPSA) is 103 Å². The first-order chi connectivity index (χ1) is 15.0. The Bertz CT molecular complexity index is 776. The fraction of sp³-hybridized carbons (Fsp3) is 0.762. The van der Waals surface area contributed by atoms with E-state index in [2.05, 4.69) is 25.7 Å². The molecule has 2 N–H and O–H groups in total. The van der Waals surface area contributed by atoms with Crippen molar-refractivity contribution < 1.29 is 19.0 Å². The maximum absolute atomic E-state index is 15.2. The number of ether oxygens (including phenoxy) is 1. The van der Waals surface area contributed by atoms with Gasteiger partial charge in [-0.25, -0.2) is 15.1 Å². The molecule has 2 aliphatic heterocycles. The lowest BCUT2D eigenvalue weighted by Gasteiger charge is -2.44. The zero-order chi connectivity index (χ0) is 21.8. The average molecular weight is 436 g/mol. The molecule has 1 aliphatic carbocycles. The summed E-state index contributed by atoms with van der Waals surface area (Å²) in [5, 5.41) is 11.6. The molecule has 10 heteroatoms. The van der Waals surface area contributed by atoms with Crippen molar-refractivity contribution in [1.82, 2.24) is 20.3 Å². The molecule has 1 saturated carbocycles. The molecule has 0 bridgehead atoms. The van der Waals surface area contributed by atoms with Crippen LogP contribution < -0.4 is 15.8 Å². The maximum atomic E-state index is 15.2. The molecule has 0 spiro atoms. The largest absolute Gasteiger partial charge is 0.378 e. The Hall–Kier alpha value is -2.04. The number of anilines is 2. The molecule has 2 atom stereocenters. The highest BCUT2D eigenvalue weighted by molar-refractivity contribution is 5.80. The number of amides is 1. The number of hydrogen-bond acceptors (Lipinski definition) is 7. The summed E-state index contributed by atoms with van der Waals surface area (Å²) in [6.45, 7) is 5.57. The van der Waals surface area contributed by atoms with Gasteiger partial charge in [0, 0.05) is 26.2 Å². The van der Waals surface area contributed by atoms with Crippen LogP contribution in [0.1, 0.15) is 37.9 Å². The van der Waals surface area contributed by atoms with Gasteiger partial charge in [-0.15, -0.1) is 0 Å². The van der Waals surface area contributed by atoms with E-state index in [-0.39, 0.29) is 17.7 Å². The van der Waals surface area contributed by atoms with E-state index in [1.54, 1.807) is 6.92 Å². The first-order valence-electron chi connectivity index (χ1n) is 11.3. The summed E-state index contributed by atoms with van der Waals surface area (Å²) in [4.78, 5) is 25.2. The summed E-state index contributed by atoms with van der Waals surface area (Å²) in [7, 11) is 0. The number of aryl methyl sites for hydroxylation is 1. The number of hydrogen-bond donors (Lipinski definition) is 2. The summed E-state index contributed by atoms with van der Waals surface area (Å²) >= 11 is 0. The van der Waals surface area contributed by atoms with E-state index >= 15 is 4.39 Å².